The molecular formula is C22H33N. The maximum absolute atomic E-state index is 9.83. The van der Waals surface area contributed by atoms with Crippen molar-refractivity contribution < 1.29 is 0 Å². The Balaban J connectivity index is 1.66. The number of hydrogen-bond acceptors (Lipinski definition) is 1. The molecule has 0 aromatic heterocycles. The van der Waals surface area contributed by atoms with Crippen LogP contribution >= 0.6 is 0 Å². The molecule has 0 radical (unpaired) electrons. The Morgan fingerprint density at radius 2 is 1.74 bits per heavy atom. The summed E-state index contributed by atoms with van der Waals surface area (Å²) in [4.78, 5) is 0. The minimum atomic E-state index is -0.0821. The zero-order valence-corrected chi connectivity index (χ0v) is 15.3. The lowest BCUT2D eigenvalue weighted by molar-refractivity contribution is -0.110. The number of allylic oxidation sites excluding steroid dienone is 1. The molecule has 4 rings (SSSR count). The molecule has 0 spiro atoms. The molecule has 0 amide bonds. The van der Waals surface area contributed by atoms with Crippen molar-refractivity contribution in [3.63, 3.8) is 0 Å². The fraction of sp³-hybridized carbons (Fsp3) is 0.864. The van der Waals surface area contributed by atoms with Gasteiger partial charge in [-0.2, -0.15) is 5.26 Å². The van der Waals surface area contributed by atoms with Crippen LogP contribution in [-0.4, -0.2) is 0 Å². The first-order valence-electron chi connectivity index (χ1n) is 9.92. The first-order valence-corrected chi connectivity index (χ1v) is 9.92. The third-order valence-electron chi connectivity index (χ3n) is 9.47. The SMILES string of the molecule is C=C1CCC2(C)C(CCC3C2CCC2(C)C3CC[C@]2(C)C#N)C1. The molecule has 1 nitrogen and oxygen atoms in total. The average Bonchev–Trinajstić information content (AvgIpc) is 2.80. The number of rotatable bonds is 0. The summed E-state index contributed by atoms with van der Waals surface area (Å²) in [5, 5.41) is 9.83. The normalized spacial score (nSPS) is 55.5. The zero-order chi connectivity index (χ0) is 16.5. The summed E-state index contributed by atoms with van der Waals surface area (Å²) >= 11 is 0. The van der Waals surface area contributed by atoms with Gasteiger partial charge in [-0.15, -0.1) is 0 Å². The molecule has 0 heterocycles. The zero-order valence-electron chi connectivity index (χ0n) is 15.3. The molecule has 4 saturated carbocycles. The van der Waals surface area contributed by atoms with Gasteiger partial charge in [-0.25, -0.2) is 0 Å². The maximum Gasteiger partial charge on any atom is 0.0692 e. The highest BCUT2D eigenvalue weighted by atomic mass is 14.7. The summed E-state index contributed by atoms with van der Waals surface area (Å²) in [6, 6.07) is 2.74. The molecule has 4 aliphatic rings. The standard InChI is InChI=1S/C22H33N/c1-15-7-11-21(3)16(13-15)5-6-17-18(21)9-12-22(4)19(17)8-10-20(22,2)14-23/h16-19H,1,5-13H2,2-4H3/t16?,17?,18?,19?,20-,21?,22?/m1/s1. The molecule has 6 unspecified atom stereocenters. The van der Waals surface area contributed by atoms with Gasteiger partial charge in [0.05, 0.1) is 11.5 Å². The van der Waals surface area contributed by atoms with Gasteiger partial charge in [0.2, 0.25) is 0 Å². The number of nitrogens with zero attached hydrogens (tertiary/aromatic N) is 1. The van der Waals surface area contributed by atoms with Crippen LogP contribution in [-0.2, 0) is 0 Å². The van der Waals surface area contributed by atoms with E-state index in [0.29, 0.717) is 5.41 Å². The lowest BCUT2D eigenvalue weighted by atomic mass is 9.43. The molecule has 0 aliphatic heterocycles. The fourth-order valence-electron chi connectivity index (χ4n) is 7.61. The van der Waals surface area contributed by atoms with Crippen LogP contribution in [0.25, 0.3) is 0 Å². The highest BCUT2D eigenvalue weighted by Gasteiger charge is 2.63. The smallest absolute Gasteiger partial charge is 0.0692 e. The molecular weight excluding hydrogens is 278 g/mol. The van der Waals surface area contributed by atoms with Crippen LogP contribution in [0.5, 0.6) is 0 Å². The average molecular weight is 312 g/mol. The maximum atomic E-state index is 9.83. The van der Waals surface area contributed by atoms with Crippen molar-refractivity contribution in [2.45, 2.75) is 78.6 Å². The van der Waals surface area contributed by atoms with Crippen LogP contribution in [0.2, 0.25) is 0 Å². The van der Waals surface area contributed by atoms with Gasteiger partial charge in [-0.3, -0.25) is 0 Å². The number of hydrogen-bond donors (Lipinski definition) is 0. The van der Waals surface area contributed by atoms with Crippen molar-refractivity contribution in [2.24, 2.45) is 39.9 Å². The summed E-state index contributed by atoms with van der Waals surface area (Å²) in [5.41, 5.74) is 2.24. The molecule has 0 aromatic rings. The Bertz CT molecular complexity index is 571. The Morgan fingerprint density at radius 1 is 1.00 bits per heavy atom. The topological polar surface area (TPSA) is 23.8 Å². The number of nitriles is 1. The predicted molar refractivity (Wildman–Crippen MR) is 94.6 cm³/mol. The fourth-order valence-corrected chi connectivity index (χ4v) is 7.61. The molecule has 7 atom stereocenters. The van der Waals surface area contributed by atoms with E-state index in [2.05, 4.69) is 33.4 Å². The van der Waals surface area contributed by atoms with Crippen LogP contribution in [0.4, 0.5) is 0 Å². The van der Waals surface area contributed by atoms with E-state index in [9.17, 15) is 5.26 Å². The first kappa shape index (κ1) is 15.7. The monoisotopic (exact) mass is 311 g/mol. The van der Waals surface area contributed by atoms with Gasteiger partial charge >= 0.3 is 0 Å². The summed E-state index contributed by atoms with van der Waals surface area (Å²) < 4.78 is 0. The van der Waals surface area contributed by atoms with Gasteiger partial charge in [0, 0.05) is 0 Å². The van der Waals surface area contributed by atoms with Gasteiger partial charge in [-0.1, -0.05) is 26.0 Å². The third kappa shape index (κ3) is 1.90. The largest absolute Gasteiger partial charge is 0.198 e. The van der Waals surface area contributed by atoms with E-state index in [4.69, 9.17) is 0 Å². The van der Waals surface area contributed by atoms with E-state index in [1.807, 2.05) is 0 Å². The van der Waals surface area contributed by atoms with Crippen molar-refractivity contribution in [3.8, 4) is 6.07 Å². The van der Waals surface area contributed by atoms with Crippen molar-refractivity contribution in [3.05, 3.63) is 12.2 Å². The van der Waals surface area contributed by atoms with Crippen LogP contribution < -0.4 is 0 Å². The van der Waals surface area contributed by atoms with E-state index < -0.39 is 0 Å². The lowest BCUT2D eigenvalue weighted by Crippen LogP contribution is -2.54. The first-order chi connectivity index (χ1) is 10.8. The summed E-state index contributed by atoms with van der Waals surface area (Å²) in [6.45, 7) is 11.6. The van der Waals surface area contributed by atoms with Gasteiger partial charge in [0.1, 0.15) is 0 Å². The predicted octanol–water partition coefficient (Wildman–Crippen LogP) is 6.12. The van der Waals surface area contributed by atoms with E-state index in [0.717, 1.165) is 30.1 Å². The summed E-state index contributed by atoms with van der Waals surface area (Å²) in [6.07, 6.45) is 11.8. The van der Waals surface area contributed by atoms with Crippen LogP contribution in [0.3, 0.4) is 0 Å². The molecule has 4 fully saturated rings. The quantitative estimate of drug-likeness (QED) is 0.495. The highest BCUT2D eigenvalue weighted by molar-refractivity contribution is 5.19. The second-order valence-corrected chi connectivity index (χ2v) is 10.0. The molecule has 126 valence electrons. The molecule has 1 heteroatoms. The Morgan fingerprint density at radius 3 is 2.48 bits per heavy atom. The van der Waals surface area contributed by atoms with Crippen LogP contribution in [0.1, 0.15) is 78.6 Å². The molecule has 0 bridgehead atoms. The van der Waals surface area contributed by atoms with Crippen molar-refractivity contribution >= 4 is 0 Å². The molecule has 0 aromatic carbocycles. The molecule has 0 saturated heterocycles. The highest BCUT2D eigenvalue weighted by Crippen LogP contribution is 2.70. The molecule has 4 aliphatic carbocycles. The molecule has 23 heavy (non-hydrogen) atoms. The van der Waals surface area contributed by atoms with Gasteiger partial charge in [-0.05, 0) is 99.2 Å². The van der Waals surface area contributed by atoms with Crippen molar-refractivity contribution in [1.82, 2.24) is 0 Å². The Labute approximate surface area is 142 Å². The second kappa shape index (κ2) is 4.87. The Kier molecular flexibility index (Phi) is 3.33. The van der Waals surface area contributed by atoms with Gasteiger partial charge in [0.25, 0.3) is 0 Å². The van der Waals surface area contributed by atoms with Crippen LogP contribution in [0.15, 0.2) is 12.2 Å². The van der Waals surface area contributed by atoms with Gasteiger partial charge in [0.15, 0.2) is 0 Å². The summed E-state index contributed by atoms with van der Waals surface area (Å²) in [7, 11) is 0. The minimum Gasteiger partial charge on any atom is -0.198 e. The minimum absolute atomic E-state index is 0.0821. The van der Waals surface area contributed by atoms with Crippen molar-refractivity contribution in [2.75, 3.05) is 0 Å². The Hall–Kier alpha value is -0.770. The second-order valence-electron chi connectivity index (χ2n) is 10.0. The van der Waals surface area contributed by atoms with E-state index >= 15 is 0 Å². The van der Waals surface area contributed by atoms with E-state index in [1.54, 1.807) is 0 Å². The number of fused-ring (bicyclic) bond motifs is 5. The third-order valence-corrected chi connectivity index (χ3v) is 9.47. The molecule has 0 N–H and O–H groups in total. The van der Waals surface area contributed by atoms with Crippen molar-refractivity contribution in [1.29, 1.82) is 5.26 Å². The van der Waals surface area contributed by atoms with Crippen LogP contribution in [0, 0.1) is 51.2 Å². The van der Waals surface area contributed by atoms with E-state index in [-0.39, 0.29) is 10.8 Å². The van der Waals surface area contributed by atoms with E-state index in [1.165, 1.54) is 56.9 Å². The van der Waals surface area contributed by atoms with Gasteiger partial charge < -0.3 is 0 Å². The summed E-state index contributed by atoms with van der Waals surface area (Å²) in [5.74, 6) is 3.48. The lowest BCUT2D eigenvalue weighted by Gasteiger charge is -2.61.